The molecule has 1 aromatic rings. The molecule has 0 N–H and O–H groups in total. The van der Waals surface area contributed by atoms with Crippen LogP contribution in [0.5, 0.6) is 5.75 Å². The summed E-state index contributed by atoms with van der Waals surface area (Å²) in [6.07, 6.45) is 0. The van der Waals surface area contributed by atoms with Gasteiger partial charge in [-0.3, -0.25) is 0 Å². The molecule has 0 bridgehead atoms. The molecule has 2 rings (SSSR count). The highest BCUT2D eigenvalue weighted by Crippen LogP contribution is 2.32. The number of hydrogen-bond acceptors (Lipinski definition) is 2. The Labute approximate surface area is 80.3 Å². The lowest BCUT2D eigenvalue weighted by atomic mass is 10.2. The topological polar surface area (TPSA) is 12.5 Å². The van der Waals surface area contributed by atoms with E-state index in [4.69, 9.17) is 4.74 Å². The van der Waals surface area contributed by atoms with Crippen molar-refractivity contribution in [1.82, 2.24) is 0 Å². The summed E-state index contributed by atoms with van der Waals surface area (Å²) in [5.74, 6) is 0.952. The number of likely N-dealkylation sites (N-methyl/N-ethyl adjacent to an activating group) is 1. The molecule has 0 radical (unpaired) electrons. The van der Waals surface area contributed by atoms with E-state index >= 15 is 0 Å². The van der Waals surface area contributed by atoms with E-state index in [1.54, 1.807) is 0 Å². The zero-order valence-corrected chi connectivity index (χ0v) is 8.41. The van der Waals surface area contributed by atoms with Crippen molar-refractivity contribution in [2.24, 2.45) is 0 Å². The number of fused-ring (bicyclic) bond motifs is 1. The lowest BCUT2D eigenvalue weighted by molar-refractivity contribution is 0.285. The first kappa shape index (κ1) is 7.92. The van der Waals surface area contributed by atoms with Gasteiger partial charge < -0.3 is 9.64 Å². The van der Waals surface area contributed by atoms with Crippen LogP contribution in [-0.2, 0) is 0 Å². The van der Waals surface area contributed by atoms with Crippen molar-refractivity contribution in [2.45, 2.75) is 5.01 Å². The molecule has 0 fully saturated rings. The summed E-state index contributed by atoms with van der Waals surface area (Å²) in [5, 5.41) is 0.109. The van der Waals surface area contributed by atoms with Crippen LogP contribution in [0.3, 0.4) is 0 Å². The van der Waals surface area contributed by atoms with E-state index in [9.17, 15) is 0 Å². The van der Waals surface area contributed by atoms with Gasteiger partial charge in [0, 0.05) is 7.05 Å². The smallest absolute Gasteiger partial charge is 0.170 e. The van der Waals surface area contributed by atoms with Crippen LogP contribution in [0.2, 0.25) is 0 Å². The zero-order chi connectivity index (χ0) is 8.55. The van der Waals surface area contributed by atoms with E-state index in [1.807, 2.05) is 18.2 Å². The molecule has 0 saturated carbocycles. The average molecular weight is 228 g/mol. The van der Waals surface area contributed by atoms with E-state index in [-0.39, 0.29) is 5.01 Å². The third-order valence-electron chi connectivity index (χ3n) is 1.95. The van der Waals surface area contributed by atoms with Gasteiger partial charge in [-0.25, -0.2) is 0 Å². The number of benzene rings is 1. The Bertz CT molecular complexity index is 290. The van der Waals surface area contributed by atoms with E-state index < -0.39 is 0 Å². The number of anilines is 1. The molecule has 0 aliphatic carbocycles. The van der Waals surface area contributed by atoms with Crippen molar-refractivity contribution in [3.8, 4) is 5.75 Å². The normalized spacial score (nSPS) is 21.5. The number of ether oxygens (including phenoxy) is 1. The highest BCUT2D eigenvalue weighted by molar-refractivity contribution is 9.09. The Morgan fingerprint density at radius 1 is 1.50 bits per heavy atom. The van der Waals surface area contributed by atoms with Gasteiger partial charge in [0.05, 0.1) is 12.2 Å². The van der Waals surface area contributed by atoms with Crippen LogP contribution < -0.4 is 9.64 Å². The van der Waals surface area contributed by atoms with Crippen molar-refractivity contribution in [3.63, 3.8) is 0 Å². The first-order valence-corrected chi connectivity index (χ1v) is 4.80. The third kappa shape index (κ3) is 1.29. The maximum absolute atomic E-state index is 5.58. The second-order valence-electron chi connectivity index (χ2n) is 2.88. The molecule has 1 aliphatic heterocycles. The van der Waals surface area contributed by atoms with Crippen LogP contribution in [-0.4, -0.2) is 18.6 Å². The molecule has 64 valence electrons. The Hall–Kier alpha value is -0.700. The lowest BCUT2D eigenvalue weighted by Gasteiger charge is -2.30. The van der Waals surface area contributed by atoms with Crippen LogP contribution in [0.4, 0.5) is 5.69 Å². The standard InChI is InChI=1S/C9H10BrNO/c1-11-6-9(10)12-8-5-3-2-4-7(8)11/h2-5,9H,6H2,1H3. The molecule has 0 spiro atoms. The van der Waals surface area contributed by atoms with E-state index in [0.29, 0.717) is 0 Å². The molecule has 2 nitrogen and oxygen atoms in total. The summed E-state index contributed by atoms with van der Waals surface area (Å²) >= 11 is 3.43. The molecule has 12 heavy (non-hydrogen) atoms. The molecular formula is C9H10BrNO. The monoisotopic (exact) mass is 227 g/mol. The molecule has 1 heterocycles. The number of halogens is 1. The first-order valence-electron chi connectivity index (χ1n) is 3.88. The fraction of sp³-hybridized carbons (Fsp3) is 0.333. The molecule has 1 atom stereocenters. The van der Waals surface area contributed by atoms with E-state index in [1.165, 1.54) is 0 Å². The van der Waals surface area contributed by atoms with E-state index in [0.717, 1.165) is 18.0 Å². The Balaban J connectivity index is 2.40. The second-order valence-corrected chi connectivity index (χ2v) is 3.90. The van der Waals surface area contributed by atoms with Gasteiger partial charge in [-0.1, -0.05) is 12.1 Å². The zero-order valence-electron chi connectivity index (χ0n) is 6.83. The molecule has 0 amide bonds. The number of hydrogen-bond donors (Lipinski definition) is 0. The maximum atomic E-state index is 5.58. The van der Waals surface area contributed by atoms with E-state index in [2.05, 4.69) is 33.9 Å². The number of nitrogens with zero attached hydrogens (tertiary/aromatic N) is 1. The minimum absolute atomic E-state index is 0.109. The highest BCUT2D eigenvalue weighted by Gasteiger charge is 2.19. The van der Waals surface area contributed by atoms with Crippen LogP contribution in [0, 0.1) is 0 Å². The van der Waals surface area contributed by atoms with Crippen molar-refractivity contribution in [2.75, 3.05) is 18.5 Å². The van der Waals surface area contributed by atoms with Crippen molar-refractivity contribution in [1.29, 1.82) is 0 Å². The molecule has 0 aromatic heterocycles. The molecule has 1 aliphatic rings. The van der Waals surface area contributed by atoms with Crippen molar-refractivity contribution >= 4 is 21.6 Å². The van der Waals surface area contributed by atoms with Gasteiger partial charge in [-0.2, -0.15) is 0 Å². The predicted molar refractivity (Wildman–Crippen MR) is 53.1 cm³/mol. The first-order chi connectivity index (χ1) is 5.77. The van der Waals surface area contributed by atoms with Crippen LogP contribution in [0.15, 0.2) is 24.3 Å². The molecule has 1 unspecified atom stereocenters. The number of alkyl halides is 1. The summed E-state index contributed by atoms with van der Waals surface area (Å²) in [5.41, 5.74) is 1.16. The summed E-state index contributed by atoms with van der Waals surface area (Å²) in [6.45, 7) is 0.886. The Kier molecular flexibility index (Phi) is 1.97. The Morgan fingerprint density at radius 2 is 2.25 bits per heavy atom. The Morgan fingerprint density at radius 3 is 3.08 bits per heavy atom. The molecular weight excluding hydrogens is 218 g/mol. The van der Waals surface area contributed by atoms with Gasteiger partial charge in [0.25, 0.3) is 0 Å². The molecule has 0 saturated heterocycles. The number of para-hydroxylation sites is 2. The fourth-order valence-corrected chi connectivity index (χ4v) is 2.00. The van der Waals surface area contributed by atoms with Gasteiger partial charge in [0.15, 0.2) is 5.01 Å². The molecule has 3 heteroatoms. The van der Waals surface area contributed by atoms with Crippen LogP contribution >= 0.6 is 15.9 Å². The lowest BCUT2D eigenvalue weighted by Crippen LogP contribution is -2.33. The number of rotatable bonds is 0. The maximum Gasteiger partial charge on any atom is 0.170 e. The largest absolute Gasteiger partial charge is 0.475 e. The average Bonchev–Trinajstić information content (AvgIpc) is 2.04. The minimum atomic E-state index is 0.109. The summed E-state index contributed by atoms with van der Waals surface area (Å²) in [6, 6.07) is 8.05. The van der Waals surface area contributed by atoms with Gasteiger partial charge in [0.1, 0.15) is 5.75 Å². The van der Waals surface area contributed by atoms with Crippen LogP contribution in [0.1, 0.15) is 0 Å². The minimum Gasteiger partial charge on any atom is -0.475 e. The third-order valence-corrected chi connectivity index (χ3v) is 2.43. The van der Waals surface area contributed by atoms with Gasteiger partial charge in [-0.05, 0) is 28.1 Å². The quantitative estimate of drug-likeness (QED) is 0.631. The summed E-state index contributed by atoms with van der Waals surface area (Å²) in [7, 11) is 2.07. The SMILES string of the molecule is CN1CC(Br)Oc2ccccc21. The fourth-order valence-electron chi connectivity index (χ4n) is 1.36. The summed E-state index contributed by atoms with van der Waals surface area (Å²) in [4.78, 5) is 2.18. The predicted octanol–water partition coefficient (Wildman–Crippen LogP) is 2.24. The van der Waals surface area contributed by atoms with Gasteiger partial charge in [-0.15, -0.1) is 0 Å². The second kappa shape index (κ2) is 2.98. The van der Waals surface area contributed by atoms with Crippen molar-refractivity contribution < 1.29 is 4.74 Å². The van der Waals surface area contributed by atoms with Gasteiger partial charge in [0.2, 0.25) is 0 Å². The van der Waals surface area contributed by atoms with Crippen LogP contribution in [0.25, 0.3) is 0 Å². The van der Waals surface area contributed by atoms with Gasteiger partial charge >= 0.3 is 0 Å². The molecule has 1 aromatic carbocycles. The summed E-state index contributed by atoms with van der Waals surface area (Å²) < 4.78 is 5.58. The van der Waals surface area contributed by atoms with Crippen molar-refractivity contribution in [3.05, 3.63) is 24.3 Å². The highest BCUT2D eigenvalue weighted by atomic mass is 79.9.